The normalized spacial score (nSPS) is 12.1. The summed E-state index contributed by atoms with van der Waals surface area (Å²) >= 11 is 11.9. The fourth-order valence-electron chi connectivity index (χ4n) is 1.86. The van der Waals surface area contributed by atoms with Crippen molar-refractivity contribution in [2.24, 2.45) is 0 Å². The molecule has 0 saturated carbocycles. The van der Waals surface area contributed by atoms with Crippen LogP contribution < -0.4 is 0 Å². The molecule has 0 amide bonds. The fraction of sp³-hybridized carbons (Fsp3) is 0.143. The number of aliphatic carboxylic acids is 1. The highest BCUT2D eigenvalue weighted by molar-refractivity contribution is 6.31. The van der Waals surface area contributed by atoms with Crippen LogP contribution in [0.4, 0.5) is 0 Å². The molecule has 2 rings (SSSR count). The van der Waals surface area contributed by atoms with E-state index < -0.39 is 11.9 Å². The first-order chi connectivity index (χ1) is 9.08. The number of hydrogen-bond acceptors (Lipinski definition) is 2. The summed E-state index contributed by atoms with van der Waals surface area (Å²) in [6.07, 6.45) is 3.41. The van der Waals surface area contributed by atoms with Gasteiger partial charge in [-0.3, -0.25) is 9.78 Å². The van der Waals surface area contributed by atoms with Gasteiger partial charge in [0.05, 0.1) is 10.9 Å². The number of halogens is 2. The standard InChI is InChI=1S/C14H11Cl2NO2/c15-11-3-1-2-9(6-11)12(14(18)19)7-10-4-5-17-8-13(10)16/h1-6,8,12H,7H2,(H,18,19). The molecule has 0 spiro atoms. The molecule has 0 saturated heterocycles. The molecule has 0 aliphatic rings. The molecular weight excluding hydrogens is 285 g/mol. The quantitative estimate of drug-likeness (QED) is 0.933. The van der Waals surface area contributed by atoms with Gasteiger partial charge in [-0.15, -0.1) is 0 Å². The average molecular weight is 296 g/mol. The fourth-order valence-corrected chi connectivity index (χ4v) is 2.26. The van der Waals surface area contributed by atoms with Crippen LogP contribution >= 0.6 is 23.2 Å². The SMILES string of the molecule is O=C(O)C(Cc1ccncc1Cl)c1cccc(Cl)c1. The predicted octanol–water partition coefficient (Wildman–Crippen LogP) is 3.80. The second-order valence-corrected chi connectivity index (χ2v) is 4.96. The minimum Gasteiger partial charge on any atom is -0.481 e. The van der Waals surface area contributed by atoms with E-state index in [4.69, 9.17) is 23.2 Å². The van der Waals surface area contributed by atoms with Gasteiger partial charge in [-0.1, -0.05) is 35.3 Å². The molecule has 98 valence electrons. The highest BCUT2D eigenvalue weighted by atomic mass is 35.5. The molecule has 2 aromatic rings. The number of benzene rings is 1. The number of carbonyl (C=O) groups is 1. The van der Waals surface area contributed by atoms with E-state index in [-0.39, 0.29) is 0 Å². The van der Waals surface area contributed by atoms with Crippen molar-refractivity contribution in [1.29, 1.82) is 0 Å². The Balaban J connectivity index is 2.32. The van der Waals surface area contributed by atoms with Crippen LogP contribution in [0.3, 0.4) is 0 Å². The topological polar surface area (TPSA) is 50.2 Å². The summed E-state index contributed by atoms with van der Waals surface area (Å²) in [6.45, 7) is 0. The first-order valence-corrected chi connectivity index (χ1v) is 6.40. The minimum atomic E-state index is -0.907. The van der Waals surface area contributed by atoms with Gasteiger partial charge in [0.15, 0.2) is 0 Å². The Bertz CT molecular complexity index is 602. The number of pyridine rings is 1. The second-order valence-electron chi connectivity index (χ2n) is 4.12. The van der Waals surface area contributed by atoms with Crippen molar-refractivity contribution in [1.82, 2.24) is 4.98 Å². The molecule has 1 N–H and O–H groups in total. The monoisotopic (exact) mass is 295 g/mol. The van der Waals surface area contributed by atoms with Gasteiger partial charge in [0.1, 0.15) is 0 Å². The zero-order chi connectivity index (χ0) is 13.8. The molecule has 1 unspecified atom stereocenters. The second kappa shape index (κ2) is 6.04. The van der Waals surface area contributed by atoms with Crippen molar-refractivity contribution in [3.63, 3.8) is 0 Å². The summed E-state index contributed by atoms with van der Waals surface area (Å²) in [6, 6.07) is 8.59. The van der Waals surface area contributed by atoms with E-state index in [9.17, 15) is 9.90 Å². The van der Waals surface area contributed by atoms with Crippen LogP contribution in [0.25, 0.3) is 0 Å². The lowest BCUT2D eigenvalue weighted by molar-refractivity contribution is -0.138. The van der Waals surface area contributed by atoms with Gasteiger partial charge in [-0.2, -0.15) is 0 Å². The smallest absolute Gasteiger partial charge is 0.311 e. The molecule has 0 radical (unpaired) electrons. The first-order valence-electron chi connectivity index (χ1n) is 5.64. The minimum absolute atomic E-state index is 0.303. The van der Waals surface area contributed by atoms with E-state index >= 15 is 0 Å². The van der Waals surface area contributed by atoms with Crippen molar-refractivity contribution in [2.45, 2.75) is 12.3 Å². The van der Waals surface area contributed by atoms with E-state index in [1.54, 1.807) is 36.5 Å². The zero-order valence-electron chi connectivity index (χ0n) is 9.88. The Morgan fingerprint density at radius 1 is 1.32 bits per heavy atom. The highest BCUT2D eigenvalue weighted by Crippen LogP contribution is 2.26. The van der Waals surface area contributed by atoms with Gasteiger partial charge >= 0.3 is 5.97 Å². The number of hydrogen-bond donors (Lipinski definition) is 1. The lowest BCUT2D eigenvalue weighted by Gasteiger charge is -2.14. The van der Waals surface area contributed by atoms with Gasteiger partial charge in [0, 0.05) is 17.4 Å². The molecule has 0 aliphatic carbocycles. The summed E-state index contributed by atoms with van der Waals surface area (Å²) in [4.78, 5) is 15.3. The van der Waals surface area contributed by atoms with E-state index in [1.807, 2.05) is 0 Å². The van der Waals surface area contributed by atoms with Crippen LogP contribution in [0, 0.1) is 0 Å². The van der Waals surface area contributed by atoms with Crippen LogP contribution in [-0.4, -0.2) is 16.1 Å². The molecule has 0 aliphatic heterocycles. The maximum Gasteiger partial charge on any atom is 0.311 e. The number of nitrogens with zero attached hydrogens (tertiary/aromatic N) is 1. The van der Waals surface area contributed by atoms with Gasteiger partial charge in [-0.25, -0.2) is 0 Å². The van der Waals surface area contributed by atoms with Crippen molar-refractivity contribution >= 4 is 29.2 Å². The van der Waals surface area contributed by atoms with Gasteiger partial charge in [-0.05, 0) is 35.7 Å². The Hall–Kier alpha value is -1.58. The third-order valence-electron chi connectivity index (χ3n) is 2.83. The van der Waals surface area contributed by atoms with Gasteiger partial charge < -0.3 is 5.11 Å². The summed E-state index contributed by atoms with van der Waals surface area (Å²) in [5.74, 6) is -1.59. The van der Waals surface area contributed by atoms with Crippen LogP contribution in [0.1, 0.15) is 17.0 Å². The van der Waals surface area contributed by atoms with E-state index in [2.05, 4.69) is 4.98 Å². The van der Waals surface area contributed by atoms with Crippen LogP contribution in [0.15, 0.2) is 42.7 Å². The third kappa shape index (κ3) is 3.46. The molecule has 5 heteroatoms. The predicted molar refractivity (Wildman–Crippen MR) is 74.8 cm³/mol. The Morgan fingerprint density at radius 3 is 2.74 bits per heavy atom. The molecule has 19 heavy (non-hydrogen) atoms. The molecule has 0 fully saturated rings. The van der Waals surface area contributed by atoms with Crippen molar-refractivity contribution in [2.75, 3.05) is 0 Å². The van der Waals surface area contributed by atoms with Crippen molar-refractivity contribution in [3.8, 4) is 0 Å². The van der Waals surface area contributed by atoms with E-state index in [0.29, 0.717) is 22.0 Å². The Labute approximate surface area is 120 Å². The molecule has 0 bridgehead atoms. The average Bonchev–Trinajstić information content (AvgIpc) is 2.37. The van der Waals surface area contributed by atoms with Gasteiger partial charge in [0.2, 0.25) is 0 Å². The number of carboxylic acid groups (broad SMARTS) is 1. The molecule has 1 atom stereocenters. The molecular formula is C14H11Cl2NO2. The number of rotatable bonds is 4. The third-order valence-corrected chi connectivity index (χ3v) is 3.41. The maximum absolute atomic E-state index is 11.4. The van der Waals surface area contributed by atoms with E-state index in [0.717, 1.165) is 5.56 Å². The zero-order valence-corrected chi connectivity index (χ0v) is 11.4. The Kier molecular flexibility index (Phi) is 4.40. The summed E-state index contributed by atoms with van der Waals surface area (Å²) in [5, 5.41) is 10.4. The molecule has 1 aromatic carbocycles. The maximum atomic E-state index is 11.4. The first kappa shape index (κ1) is 13.8. The lowest BCUT2D eigenvalue weighted by Crippen LogP contribution is -2.14. The number of carboxylic acids is 1. The highest BCUT2D eigenvalue weighted by Gasteiger charge is 2.21. The molecule has 1 heterocycles. The largest absolute Gasteiger partial charge is 0.481 e. The van der Waals surface area contributed by atoms with Crippen LogP contribution in [0.2, 0.25) is 10.0 Å². The molecule has 3 nitrogen and oxygen atoms in total. The van der Waals surface area contributed by atoms with Crippen molar-refractivity contribution in [3.05, 3.63) is 63.9 Å². The van der Waals surface area contributed by atoms with E-state index in [1.165, 1.54) is 6.20 Å². The Morgan fingerprint density at radius 2 is 2.11 bits per heavy atom. The van der Waals surface area contributed by atoms with Crippen molar-refractivity contribution < 1.29 is 9.90 Å². The van der Waals surface area contributed by atoms with Gasteiger partial charge in [0.25, 0.3) is 0 Å². The van der Waals surface area contributed by atoms with Crippen LogP contribution in [-0.2, 0) is 11.2 Å². The summed E-state index contributed by atoms with van der Waals surface area (Å²) < 4.78 is 0. The van der Waals surface area contributed by atoms with Crippen LogP contribution in [0.5, 0.6) is 0 Å². The lowest BCUT2D eigenvalue weighted by atomic mass is 9.92. The summed E-state index contributed by atoms with van der Waals surface area (Å²) in [7, 11) is 0. The number of aromatic nitrogens is 1. The summed E-state index contributed by atoms with van der Waals surface area (Å²) in [5.41, 5.74) is 1.41. The molecule has 1 aromatic heterocycles.